The summed E-state index contributed by atoms with van der Waals surface area (Å²) in [6, 6.07) is 20.6. The highest BCUT2D eigenvalue weighted by Gasteiger charge is 2.47. The molecule has 1 aromatic heterocycles. The third-order valence-electron chi connectivity index (χ3n) is 6.16. The molecule has 7 heteroatoms. The molecular weight excluding hydrogens is 433 g/mol. The Hall–Kier alpha value is -4.00. The summed E-state index contributed by atoms with van der Waals surface area (Å²) >= 11 is 0. The van der Waals surface area contributed by atoms with Gasteiger partial charge in [0.15, 0.2) is 5.92 Å². The summed E-state index contributed by atoms with van der Waals surface area (Å²) in [6.07, 6.45) is 0. The van der Waals surface area contributed by atoms with Crippen molar-refractivity contribution in [3.8, 4) is 0 Å². The van der Waals surface area contributed by atoms with Crippen LogP contribution in [0.15, 0.2) is 72.8 Å². The van der Waals surface area contributed by atoms with Crippen LogP contribution in [0.2, 0.25) is 0 Å². The van der Waals surface area contributed by atoms with E-state index < -0.39 is 29.7 Å². The predicted molar refractivity (Wildman–Crippen MR) is 127 cm³/mol. The number of nitrogens with zero attached hydrogens (tertiary/aromatic N) is 3. The molecule has 0 aliphatic carbocycles. The van der Waals surface area contributed by atoms with Crippen molar-refractivity contribution in [3.05, 3.63) is 95.3 Å². The van der Waals surface area contributed by atoms with E-state index in [1.54, 1.807) is 24.0 Å². The lowest BCUT2D eigenvalue weighted by atomic mass is 9.89. The van der Waals surface area contributed by atoms with Crippen LogP contribution in [-0.4, -0.2) is 28.0 Å². The van der Waals surface area contributed by atoms with Crippen LogP contribution in [-0.2, 0) is 20.9 Å². The Labute approximate surface area is 196 Å². The first-order valence-corrected chi connectivity index (χ1v) is 11.2. The van der Waals surface area contributed by atoms with Crippen molar-refractivity contribution in [2.45, 2.75) is 26.4 Å². The van der Waals surface area contributed by atoms with Crippen molar-refractivity contribution in [3.63, 3.8) is 0 Å². The van der Waals surface area contributed by atoms with Gasteiger partial charge in [-0.25, -0.2) is 9.37 Å². The van der Waals surface area contributed by atoms with Crippen molar-refractivity contribution in [1.82, 2.24) is 9.55 Å². The second kappa shape index (κ2) is 8.74. The normalized spacial score (nSPS) is 17.6. The lowest BCUT2D eigenvalue weighted by molar-refractivity contribution is -0.153. The van der Waals surface area contributed by atoms with E-state index in [-0.39, 0.29) is 13.2 Å². The quantitative estimate of drug-likeness (QED) is 0.319. The van der Waals surface area contributed by atoms with Crippen LogP contribution in [0, 0.1) is 18.7 Å². The van der Waals surface area contributed by atoms with Gasteiger partial charge in [0.05, 0.1) is 30.2 Å². The molecule has 172 valence electrons. The van der Waals surface area contributed by atoms with Gasteiger partial charge in [-0.15, -0.1) is 0 Å². The minimum Gasteiger partial charge on any atom is -0.465 e. The average molecular weight is 458 g/mol. The molecule has 0 N–H and O–H groups in total. The summed E-state index contributed by atoms with van der Waals surface area (Å²) in [4.78, 5) is 33.4. The van der Waals surface area contributed by atoms with E-state index in [0.717, 1.165) is 16.6 Å². The fraction of sp³-hybridized carbons (Fsp3) is 0.222. The molecule has 0 unspecified atom stereocenters. The zero-order chi connectivity index (χ0) is 23.8. The Kier molecular flexibility index (Phi) is 5.61. The highest BCUT2D eigenvalue weighted by molar-refractivity contribution is 6.08. The summed E-state index contributed by atoms with van der Waals surface area (Å²) in [6.45, 7) is 4.11. The summed E-state index contributed by atoms with van der Waals surface area (Å²) in [5.74, 6) is -2.09. The fourth-order valence-corrected chi connectivity index (χ4v) is 4.53. The maximum atomic E-state index is 13.9. The molecule has 0 saturated heterocycles. The molecule has 6 nitrogen and oxygen atoms in total. The first-order valence-electron chi connectivity index (χ1n) is 11.2. The van der Waals surface area contributed by atoms with Crippen LogP contribution in [0.3, 0.4) is 0 Å². The zero-order valence-electron chi connectivity index (χ0n) is 18.9. The molecule has 0 radical (unpaired) electrons. The number of fused-ring (bicyclic) bond motifs is 3. The number of rotatable bonds is 5. The van der Waals surface area contributed by atoms with Gasteiger partial charge in [0.1, 0.15) is 5.82 Å². The largest absolute Gasteiger partial charge is 0.465 e. The molecule has 5 rings (SSSR count). The Bertz CT molecular complexity index is 1360. The third-order valence-corrected chi connectivity index (χ3v) is 6.16. The first-order chi connectivity index (χ1) is 16.5. The second-order valence-corrected chi connectivity index (χ2v) is 8.41. The monoisotopic (exact) mass is 457 g/mol. The molecule has 2 atom stereocenters. The molecule has 0 spiro atoms. The van der Waals surface area contributed by atoms with E-state index in [0.29, 0.717) is 17.0 Å². The van der Waals surface area contributed by atoms with E-state index in [2.05, 4.69) is 0 Å². The molecule has 3 aromatic carbocycles. The Morgan fingerprint density at radius 3 is 2.44 bits per heavy atom. The molecule has 0 bridgehead atoms. The van der Waals surface area contributed by atoms with Gasteiger partial charge < -0.3 is 9.30 Å². The number of aromatic nitrogens is 2. The van der Waals surface area contributed by atoms with Crippen LogP contribution in [0.4, 0.5) is 10.3 Å². The molecule has 1 aliphatic heterocycles. The summed E-state index contributed by atoms with van der Waals surface area (Å²) < 4.78 is 21.0. The number of carbonyl (C=O) groups excluding carboxylic acids is 2. The topological polar surface area (TPSA) is 64.4 Å². The minimum atomic E-state index is -1.14. The third kappa shape index (κ3) is 3.73. The van der Waals surface area contributed by atoms with Gasteiger partial charge in [-0.1, -0.05) is 54.1 Å². The lowest BCUT2D eigenvalue weighted by Crippen LogP contribution is -2.49. The summed E-state index contributed by atoms with van der Waals surface area (Å²) in [5, 5.41) is 0. The number of amides is 1. The maximum Gasteiger partial charge on any atom is 0.321 e. The summed E-state index contributed by atoms with van der Waals surface area (Å²) in [5.41, 5.74) is 4.15. The van der Waals surface area contributed by atoms with Crippen molar-refractivity contribution < 1.29 is 18.7 Å². The van der Waals surface area contributed by atoms with Gasteiger partial charge in [0, 0.05) is 0 Å². The zero-order valence-corrected chi connectivity index (χ0v) is 18.9. The number of ether oxygens (including phenoxy) is 1. The first kappa shape index (κ1) is 21.8. The molecule has 2 heterocycles. The van der Waals surface area contributed by atoms with Crippen molar-refractivity contribution in [2.75, 3.05) is 11.5 Å². The molecule has 0 fully saturated rings. The molecule has 34 heavy (non-hydrogen) atoms. The standard InChI is InChI=1S/C27H24FN3O3/c1-3-34-26(33)23-24(19-12-14-20(28)15-13-19)31-22-7-5-4-6-21(22)29-27(31)30(25(23)32)16-18-10-8-17(2)9-11-18/h4-15,23-24H,3,16H2,1-2H3/t23-,24+/m0/s1. The number of esters is 1. The van der Waals surface area contributed by atoms with Gasteiger partial charge in [-0.3, -0.25) is 14.5 Å². The number of hydrogen-bond acceptors (Lipinski definition) is 4. The number of carbonyl (C=O) groups is 2. The number of hydrogen-bond donors (Lipinski definition) is 0. The average Bonchev–Trinajstić information content (AvgIpc) is 3.22. The van der Waals surface area contributed by atoms with Gasteiger partial charge in [0.2, 0.25) is 11.9 Å². The molecule has 0 saturated carbocycles. The highest BCUT2D eigenvalue weighted by atomic mass is 19.1. The van der Waals surface area contributed by atoms with Crippen LogP contribution in [0.1, 0.15) is 29.7 Å². The predicted octanol–water partition coefficient (Wildman–Crippen LogP) is 4.80. The van der Waals surface area contributed by atoms with Crippen molar-refractivity contribution >= 4 is 28.9 Å². The smallest absolute Gasteiger partial charge is 0.321 e. The number of para-hydroxylation sites is 2. The lowest BCUT2D eigenvalue weighted by Gasteiger charge is -2.38. The summed E-state index contributed by atoms with van der Waals surface area (Å²) in [7, 11) is 0. The van der Waals surface area contributed by atoms with Crippen molar-refractivity contribution in [1.29, 1.82) is 0 Å². The second-order valence-electron chi connectivity index (χ2n) is 8.41. The number of anilines is 1. The van der Waals surface area contributed by atoms with E-state index in [9.17, 15) is 14.0 Å². The van der Waals surface area contributed by atoms with E-state index in [1.165, 1.54) is 12.1 Å². The van der Waals surface area contributed by atoms with Gasteiger partial charge >= 0.3 is 5.97 Å². The van der Waals surface area contributed by atoms with Gasteiger partial charge in [-0.2, -0.15) is 0 Å². The number of aryl methyl sites for hydroxylation is 1. The van der Waals surface area contributed by atoms with Gasteiger partial charge in [0.25, 0.3) is 0 Å². The molecule has 1 amide bonds. The van der Waals surface area contributed by atoms with E-state index >= 15 is 0 Å². The molecular formula is C27H24FN3O3. The van der Waals surface area contributed by atoms with E-state index in [4.69, 9.17) is 9.72 Å². The van der Waals surface area contributed by atoms with Crippen molar-refractivity contribution in [2.24, 2.45) is 5.92 Å². The Balaban J connectivity index is 1.73. The number of benzene rings is 3. The SMILES string of the molecule is CCOC(=O)[C@@H]1C(=O)N(Cc2ccc(C)cc2)c2nc3ccccc3n2[C@@H]1c1ccc(F)cc1. The Morgan fingerprint density at radius 1 is 1.03 bits per heavy atom. The Morgan fingerprint density at radius 2 is 1.74 bits per heavy atom. The minimum absolute atomic E-state index is 0.147. The van der Waals surface area contributed by atoms with E-state index in [1.807, 2.05) is 60.0 Å². The molecule has 1 aliphatic rings. The van der Waals surface area contributed by atoms with Crippen LogP contribution in [0.5, 0.6) is 0 Å². The highest BCUT2D eigenvalue weighted by Crippen LogP contribution is 2.41. The van der Waals surface area contributed by atoms with Crippen LogP contribution >= 0.6 is 0 Å². The number of halogens is 1. The fourth-order valence-electron chi connectivity index (χ4n) is 4.53. The number of imidazole rings is 1. The molecule has 4 aromatic rings. The van der Waals surface area contributed by atoms with Crippen LogP contribution < -0.4 is 4.90 Å². The maximum absolute atomic E-state index is 13.9. The van der Waals surface area contributed by atoms with Gasteiger partial charge in [-0.05, 0) is 49.2 Å². The van der Waals surface area contributed by atoms with Crippen LogP contribution in [0.25, 0.3) is 11.0 Å².